The van der Waals surface area contributed by atoms with Gasteiger partial charge in [-0.15, -0.1) is 0 Å². The van der Waals surface area contributed by atoms with Crippen LogP contribution in [0.15, 0.2) is 6.20 Å². The Morgan fingerprint density at radius 3 is 2.59 bits per heavy atom. The Morgan fingerprint density at radius 1 is 1.21 bits per heavy atom. The standard InChI is InChI=1S/C23H36N6O4S/c1-3-27-14-18(15-27)34(32,33)28-11-8-17(9-12-28)25-22-24-13-16-6-7-20(30)29(21(16)26-22)19-5-4-10-23(19,2)31/h13,17-19,31H,3-12,14-15H2,1-2H3,(H,24,25,26). The lowest BCUT2D eigenvalue weighted by atomic mass is 9.95. The van der Waals surface area contributed by atoms with Gasteiger partial charge in [-0.25, -0.2) is 17.7 Å². The van der Waals surface area contributed by atoms with Crippen LogP contribution in [0.5, 0.6) is 0 Å². The predicted octanol–water partition coefficient (Wildman–Crippen LogP) is 0.970. The molecule has 1 aromatic rings. The molecule has 1 amide bonds. The fourth-order valence-corrected chi connectivity index (χ4v) is 7.75. The van der Waals surface area contributed by atoms with Crippen molar-refractivity contribution in [2.24, 2.45) is 0 Å². The van der Waals surface area contributed by atoms with E-state index < -0.39 is 15.6 Å². The third-order valence-electron chi connectivity index (χ3n) is 8.08. The van der Waals surface area contributed by atoms with Crippen molar-refractivity contribution in [3.05, 3.63) is 11.8 Å². The molecule has 3 fully saturated rings. The highest BCUT2D eigenvalue weighted by Crippen LogP contribution is 2.39. The number of aromatic nitrogens is 2. The number of hydrogen-bond donors (Lipinski definition) is 2. The molecule has 2 N–H and O–H groups in total. The summed E-state index contributed by atoms with van der Waals surface area (Å²) in [5, 5.41) is 13.9. The highest BCUT2D eigenvalue weighted by atomic mass is 32.2. The number of aliphatic hydroxyl groups is 1. The van der Waals surface area contributed by atoms with E-state index in [1.807, 2.05) is 6.92 Å². The van der Waals surface area contributed by atoms with Crippen molar-refractivity contribution in [2.75, 3.05) is 42.9 Å². The van der Waals surface area contributed by atoms with E-state index in [1.165, 1.54) is 0 Å². The lowest BCUT2D eigenvalue weighted by Gasteiger charge is -2.42. The topological polar surface area (TPSA) is 119 Å². The Morgan fingerprint density at radius 2 is 1.94 bits per heavy atom. The van der Waals surface area contributed by atoms with Crippen molar-refractivity contribution in [3.63, 3.8) is 0 Å². The third kappa shape index (κ3) is 4.31. The average molecular weight is 493 g/mol. The summed E-state index contributed by atoms with van der Waals surface area (Å²) in [6.45, 7) is 6.98. The van der Waals surface area contributed by atoms with E-state index in [2.05, 4.69) is 15.2 Å². The normalized spacial score (nSPS) is 29.8. The molecule has 2 atom stereocenters. The Balaban J connectivity index is 1.25. The minimum atomic E-state index is -3.25. The van der Waals surface area contributed by atoms with Crippen LogP contribution >= 0.6 is 0 Å². The van der Waals surface area contributed by atoms with Crippen molar-refractivity contribution in [1.29, 1.82) is 0 Å². The van der Waals surface area contributed by atoms with Crippen molar-refractivity contribution < 1.29 is 18.3 Å². The number of nitrogens with one attached hydrogen (secondary N) is 1. The molecule has 0 spiro atoms. The number of aryl methyl sites for hydroxylation is 1. The first-order valence-corrected chi connectivity index (χ1v) is 14.1. The fraction of sp³-hybridized carbons (Fsp3) is 0.783. The first-order valence-electron chi connectivity index (χ1n) is 12.6. The van der Waals surface area contributed by atoms with Gasteiger partial charge in [0.2, 0.25) is 21.9 Å². The fourth-order valence-electron chi connectivity index (χ4n) is 5.81. The van der Waals surface area contributed by atoms with Gasteiger partial charge in [-0.3, -0.25) is 9.69 Å². The molecule has 1 saturated carbocycles. The number of anilines is 2. The molecule has 1 aromatic heterocycles. The van der Waals surface area contributed by atoms with Crippen LogP contribution in [0.2, 0.25) is 0 Å². The number of amides is 1. The Hall–Kier alpha value is -1.82. The van der Waals surface area contributed by atoms with E-state index in [1.54, 1.807) is 22.3 Å². The van der Waals surface area contributed by atoms with Gasteiger partial charge in [0.05, 0.1) is 11.6 Å². The van der Waals surface area contributed by atoms with Crippen molar-refractivity contribution in [3.8, 4) is 0 Å². The number of nitrogens with zero attached hydrogens (tertiary/aromatic N) is 5. The summed E-state index contributed by atoms with van der Waals surface area (Å²) >= 11 is 0. The SMILES string of the molecule is CCN1CC(S(=O)(=O)N2CCC(Nc3ncc4c(n3)N(C3CCCC3(C)O)C(=O)CC4)CC2)C1. The van der Waals surface area contributed by atoms with Crippen molar-refractivity contribution in [1.82, 2.24) is 19.2 Å². The first kappa shape index (κ1) is 23.9. The molecule has 0 bridgehead atoms. The van der Waals surface area contributed by atoms with Crippen LogP contribution in [-0.2, 0) is 21.2 Å². The van der Waals surface area contributed by atoms with Crippen LogP contribution < -0.4 is 10.2 Å². The molecule has 5 rings (SSSR count). The van der Waals surface area contributed by atoms with Crippen LogP contribution in [0.1, 0.15) is 57.9 Å². The summed E-state index contributed by atoms with van der Waals surface area (Å²) in [5.41, 5.74) is 0.00538. The largest absolute Gasteiger partial charge is 0.388 e. The summed E-state index contributed by atoms with van der Waals surface area (Å²) in [7, 11) is -3.25. The van der Waals surface area contributed by atoms with E-state index in [9.17, 15) is 18.3 Å². The molecule has 4 heterocycles. The summed E-state index contributed by atoms with van der Waals surface area (Å²) in [5.74, 6) is 1.06. The van der Waals surface area contributed by atoms with Gasteiger partial charge in [-0.05, 0) is 52.0 Å². The van der Waals surface area contributed by atoms with Gasteiger partial charge in [0.15, 0.2) is 0 Å². The van der Waals surface area contributed by atoms with E-state index in [-0.39, 0.29) is 23.2 Å². The van der Waals surface area contributed by atoms with E-state index in [0.29, 0.717) is 70.0 Å². The zero-order chi connectivity index (χ0) is 24.1. The number of piperidine rings is 1. The number of fused-ring (bicyclic) bond motifs is 1. The molecule has 3 aliphatic heterocycles. The highest BCUT2D eigenvalue weighted by Gasteiger charge is 2.45. The smallest absolute Gasteiger partial charge is 0.228 e. The van der Waals surface area contributed by atoms with Gasteiger partial charge in [0, 0.05) is 50.4 Å². The summed E-state index contributed by atoms with van der Waals surface area (Å²) in [6, 6.07) is -0.203. The molecule has 0 aromatic carbocycles. The molecule has 34 heavy (non-hydrogen) atoms. The second kappa shape index (κ2) is 9.00. The average Bonchev–Trinajstić information content (AvgIpc) is 3.11. The highest BCUT2D eigenvalue weighted by molar-refractivity contribution is 7.89. The van der Waals surface area contributed by atoms with E-state index >= 15 is 0 Å². The van der Waals surface area contributed by atoms with Crippen LogP contribution in [0, 0.1) is 0 Å². The maximum absolute atomic E-state index is 12.9. The Kier molecular flexibility index (Phi) is 6.33. The summed E-state index contributed by atoms with van der Waals surface area (Å²) < 4.78 is 27.4. The first-order chi connectivity index (χ1) is 16.2. The lowest BCUT2D eigenvalue weighted by Crippen LogP contribution is -2.59. The molecule has 1 aliphatic carbocycles. The number of carbonyl (C=O) groups excluding carboxylic acids is 1. The van der Waals surface area contributed by atoms with E-state index in [0.717, 1.165) is 24.9 Å². The van der Waals surface area contributed by atoms with Gasteiger partial charge in [-0.2, -0.15) is 4.98 Å². The van der Waals surface area contributed by atoms with Crippen molar-refractivity contribution in [2.45, 2.75) is 81.7 Å². The molecule has 0 radical (unpaired) electrons. The number of likely N-dealkylation sites (tertiary alicyclic amines) is 1. The molecule has 188 valence electrons. The lowest BCUT2D eigenvalue weighted by molar-refractivity contribution is -0.120. The van der Waals surface area contributed by atoms with Crippen LogP contribution in [0.3, 0.4) is 0 Å². The zero-order valence-electron chi connectivity index (χ0n) is 20.1. The second-order valence-corrected chi connectivity index (χ2v) is 12.6. The van der Waals surface area contributed by atoms with Gasteiger partial charge in [0.1, 0.15) is 11.1 Å². The number of sulfonamides is 1. The Labute approximate surface area is 201 Å². The van der Waals surface area contributed by atoms with E-state index in [4.69, 9.17) is 4.98 Å². The van der Waals surface area contributed by atoms with Crippen molar-refractivity contribution >= 4 is 27.7 Å². The molecule has 2 saturated heterocycles. The number of carbonyl (C=O) groups is 1. The molecular formula is C23H36N6O4S. The molecular weight excluding hydrogens is 456 g/mol. The van der Waals surface area contributed by atoms with Crippen LogP contribution in [0.25, 0.3) is 0 Å². The monoisotopic (exact) mass is 492 g/mol. The molecule has 10 nitrogen and oxygen atoms in total. The maximum Gasteiger partial charge on any atom is 0.228 e. The maximum atomic E-state index is 12.9. The second-order valence-electron chi connectivity index (χ2n) is 10.4. The molecule has 2 unspecified atom stereocenters. The molecule has 4 aliphatic rings. The van der Waals surface area contributed by atoms with Crippen LogP contribution in [0.4, 0.5) is 11.8 Å². The van der Waals surface area contributed by atoms with Gasteiger partial charge in [0.25, 0.3) is 0 Å². The zero-order valence-corrected chi connectivity index (χ0v) is 20.9. The number of rotatable bonds is 6. The summed E-state index contributed by atoms with van der Waals surface area (Å²) in [4.78, 5) is 25.9. The minimum absolute atomic E-state index is 0.000438. The summed E-state index contributed by atoms with van der Waals surface area (Å²) in [6.07, 6.45) is 6.47. The molecule has 11 heteroatoms. The minimum Gasteiger partial charge on any atom is -0.388 e. The number of hydrogen-bond acceptors (Lipinski definition) is 8. The predicted molar refractivity (Wildman–Crippen MR) is 129 cm³/mol. The third-order valence-corrected chi connectivity index (χ3v) is 10.3. The van der Waals surface area contributed by atoms with Gasteiger partial charge in [-0.1, -0.05) is 6.92 Å². The van der Waals surface area contributed by atoms with Gasteiger partial charge < -0.3 is 15.3 Å². The quantitative estimate of drug-likeness (QED) is 0.603. The van der Waals surface area contributed by atoms with Gasteiger partial charge >= 0.3 is 0 Å². The van der Waals surface area contributed by atoms with Crippen LogP contribution in [-0.4, -0.2) is 94.3 Å². The Bertz CT molecular complexity index is 1030.